The quantitative estimate of drug-likeness (QED) is 0.494. The largest absolute Gasteiger partial charge is 0.497 e. The van der Waals surface area contributed by atoms with Gasteiger partial charge in [0, 0.05) is 50.7 Å². The fourth-order valence-corrected chi connectivity index (χ4v) is 4.77. The van der Waals surface area contributed by atoms with Gasteiger partial charge in [-0.15, -0.1) is 0 Å². The normalized spacial score (nSPS) is 14.2. The number of methoxy groups -OCH3 is 1. The molecule has 1 amide bonds. The number of amides is 1. The van der Waals surface area contributed by atoms with Gasteiger partial charge in [-0.3, -0.25) is 9.59 Å². The van der Waals surface area contributed by atoms with Crippen LogP contribution in [0.4, 0.5) is 10.6 Å². The van der Waals surface area contributed by atoms with E-state index < -0.39 is 5.60 Å². The van der Waals surface area contributed by atoms with Gasteiger partial charge in [-0.1, -0.05) is 18.3 Å². The SMILES string of the molecule is CCC(=O)Cc1cc(OC)cc(-c2nn3c(=O)cc(N4CCN(C(=O)OC(C)(C)C)CC4)nc3s2)c1. The average molecular weight is 514 g/mol. The molecule has 1 aromatic carbocycles. The molecule has 0 aliphatic carbocycles. The van der Waals surface area contributed by atoms with Crippen molar-refractivity contribution in [3.05, 3.63) is 40.2 Å². The summed E-state index contributed by atoms with van der Waals surface area (Å²) in [6, 6.07) is 7.04. The lowest BCUT2D eigenvalue weighted by Crippen LogP contribution is -2.50. The molecule has 192 valence electrons. The molecule has 0 radical (unpaired) electrons. The number of carbonyl (C=O) groups excluding carboxylic acids is 2. The second-order valence-corrected chi connectivity index (χ2v) is 10.6. The molecule has 0 unspecified atom stereocenters. The highest BCUT2D eigenvalue weighted by Crippen LogP contribution is 2.30. The lowest BCUT2D eigenvalue weighted by molar-refractivity contribution is -0.118. The summed E-state index contributed by atoms with van der Waals surface area (Å²) >= 11 is 1.30. The van der Waals surface area contributed by atoms with Crippen LogP contribution in [0, 0.1) is 0 Å². The van der Waals surface area contributed by atoms with E-state index >= 15 is 0 Å². The zero-order valence-corrected chi connectivity index (χ0v) is 22.1. The summed E-state index contributed by atoms with van der Waals surface area (Å²) in [7, 11) is 1.57. The number of anilines is 1. The first kappa shape index (κ1) is 25.6. The minimum atomic E-state index is -0.547. The summed E-state index contributed by atoms with van der Waals surface area (Å²) in [4.78, 5) is 46.0. The first-order valence-corrected chi connectivity index (χ1v) is 12.7. The molecule has 1 saturated heterocycles. The van der Waals surface area contributed by atoms with Gasteiger partial charge in [-0.25, -0.2) is 9.78 Å². The van der Waals surface area contributed by atoms with Gasteiger partial charge in [0.1, 0.15) is 28.0 Å². The molecule has 36 heavy (non-hydrogen) atoms. The van der Waals surface area contributed by atoms with Crippen molar-refractivity contribution in [2.24, 2.45) is 0 Å². The molecule has 0 bridgehead atoms. The van der Waals surface area contributed by atoms with E-state index in [1.807, 2.05) is 50.8 Å². The van der Waals surface area contributed by atoms with E-state index in [9.17, 15) is 14.4 Å². The van der Waals surface area contributed by atoms with Crippen LogP contribution < -0.4 is 15.2 Å². The third kappa shape index (κ3) is 5.84. The van der Waals surface area contributed by atoms with E-state index in [0.717, 1.165) is 11.1 Å². The maximum atomic E-state index is 12.9. The number of nitrogens with zero attached hydrogens (tertiary/aromatic N) is 5. The molecular formula is C25H31N5O5S. The Kier molecular flexibility index (Phi) is 7.30. The number of rotatable bonds is 6. The number of fused-ring (bicyclic) bond motifs is 1. The predicted molar refractivity (Wildman–Crippen MR) is 138 cm³/mol. The number of aromatic nitrogens is 3. The molecule has 3 aromatic rings. The molecule has 11 heteroatoms. The first-order valence-electron chi connectivity index (χ1n) is 11.9. The number of hydrogen-bond donors (Lipinski definition) is 0. The van der Waals surface area contributed by atoms with E-state index in [0.29, 0.717) is 60.6 Å². The molecule has 0 saturated carbocycles. The van der Waals surface area contributed by atoms with Crippen molar-refractivity contribution in [2.45, 2.75) is 46.1 Å². The summed E-state index contributed by atoms with van der Waals surface area (Å²) in [5, 5.41) is 5.09. The summed E-state index contributed by atoms with van der Waals surface area (Å²) in [6.07, 6.45) is 0.432. The Bertz CT molecular complexity index is 1330. The highest BCUT2D eigenvalue weighted by atomic mass is 32.1. The molecule has 0 atom stereocenters. The maximum Gasteiger partial charge on any atom is 0.410 e. The lowest BCUT2D eigenvalue weighted by Gasteiger charge is -2.36. The Balaban J connectivity index is 1.57. The van der Waals surface area contributed by atoms with E-state index in [4.69, 9.17) is 9.47 Å². The van der Waals surface area contributed by atoms with Crippen LogP contribution in [0.1, 0.15) is 39.7 Å². The zero-order valence-electron chi connectivity index (χ0n) is 21.2. The minimum absolute atomic E-state index is 0.132. The molecule has 3 heterocycles. The van der Waals surface area contributed by atoms with Gasteiger partial charge in [-0.05, 0) is 44.5 Å². The number of ketones is 1. The summed E-state index contributed by atoms with van der Waals surface area (Å²) in [5.74, 6) is 1.31. The van der Waals surface area contributed by atoms with Crippen LogP contribution in [0.2, 0.25) is 0 Å². The van der Waals surface area contributed by atoms with E-state index in [1.54, 1.807) is 12.0 Å². The molecule has 1 aliphatic rings. The lowest BCUT2D eigenvalue weighted by atomic mass is 10.0. The number of carbonyl (C=O) groups is 2. The van der Waals surface area contributed by atoms with Gasteiger partial charge in [0.2, 0.25) is 4.96 Å². The Morgan fingerprint density at radius 1 is 1.08 bits per heavy atom. The van der Waals surface area contributed by atoms with Crippen molar-refractivity contribution in [2.75, 3.05) is 38.2 Å². The second kappa shape index (κ2) is 10.3. The highest BCUT2D eigenvalue weighted by Gasteiger charge is 2.27. The standard InChI is InChI=1S/C25H31N5O5S/c1-6-18(31)12-16-11-17(14-19(13-16)34-5)22-27-30-21(32)15-20(26-23(30)36-22)28-7-9-29(10-8-28)24(33)35-25(2,3)4/h11,13-15H,6-10,12H2,1-5H3. The van der Waals surface area contributed by atoms with Crippen LogP contribution in [0.25, 0.3) is 15.5 Å². The van der Waals surface area contributed by atoms with Gasteiger partial charge in [0.25, 0.3) is 5.56 Å². The molecule has 10 nitrogen and oxygen atoms in total. The van der Waals surface area contributed by atoms with Gasteiger partial charge in [-0.2, -0.15) is 9.61 Å². The smallest absolute Gasteiger partial charge is 0.410 e. The number of piperazine rings is 1. The number of benzene rings is 1. The molecule has 0 N–H and O–H groups in total. The van der Waals surface area contributed by atoms with E-state index in [1.165, 1.54) is 21.9 Å². The van der Waals surface area contributed by atoms with Gasteiger partial charge in [0.15, 0.2) is 0 Å². The van der Waals surface area contributed by atoms with Gasteiger partial charge < -0.3 is 19.3 Å². The molecule has 0 spiro atoms. The van der Waals surface area contributed by atoms with Crippen molar-refractivity contribution in [3.8, 4) is 16.3 Å². The topological polar surface area (TPSA) is 106 Å². The van der Waals surface area contributed by atoms with Gasteiger partial charge in [0.05, 0.1) is 7.11 Å². The molecule has 4 rings (SSSR count). The first-order chi connectivity index (χ1) is 17.1. The van der Waals surface area contributed by atoms with E-state index in [2.05, 4.69) is 10.1 Å². The third-order valence-corrected chi connectivity index (χ3v) is 6.69. The second-order valence-electron chi connectivity index (χ2n) is 9.65. The van der Waals surface area contributed by atoms with Crippen LogP contribution in [0.15, 0.2) is 29.1 Å². The third-order valence-electron chi connectivity index (χ3n) is 5.73. The van der Waals surface area contributed by atoms with Crippen molar-refractivity contribution < 1.29 is 19.1 Å². The fraction of sp³-hybridized carbons (Fsp3) is 0.480. The number of hydrogen-bond acceptors (Lipinski definition) is 9. The summed E-state index contributed by atoms with van der Waals surface area (Å²) in [5.41, 5.74) is 0.764. The minimum Gasteiger partial charge on any atom is -0.497 e. The van der Waals surface area contributed by atoms with Gasteiger partial charge >= 0.3 is 6.09 Å². The Hall–Kier alpha value is -3.47. The Labute approximate surface area is 213 Å². The molecule has 1 fully saturated rings. The van der Waals surface area contributed by atoms with Crippen molar-refractivity contribution in [1.82, 2.24) is 19.5 Å². The number of ether oxygens (including phenoxy) is 2. The van der Waals surface area contributed by atoms with Crippen LogP contribution in [0.3, 0.4) is 0 Å². The van der Waals surface area contributed by atoms with Crippen molar-refractivity contribution in [1.29, 1.82) is 0 Å². The average Bonchev–Trinajstić information content (AvgIpc) is 3.28. The Morgan fingerprint density at radius 2 is 1.81 bits per heavy atom. The van der Waals surface area contributed by atoms with E-state index in [-0.39, 0.29) is 17.4 Å². The monoisotopic (exact) mass is 513 g/mol. The van der Waals surface area contributed by atoms with Crippen LogP contribution in [0.5, 0.6) is 5.75 Å². The summed E-state index contributed by atoms with van der Waals surface area (Å²) < 4.78 is 12.2. The number of Topliss-reactive ketones (excluding diaryl/α,β-unsaturated/α-hetero) is 1. The zero-order chi connectivity index (χ0) is 26.0. The van der Waals surface area contributed by atoms with Crippen molar-refractivity contribution in [3.63, 3.8) is 0 Å². The van der Waals surface area contributed by atoms with Crippen LogP contribution in [-0.2, 0) is 16.0 Å². The van der Waals surface area contributed by atoms with Crippen LogP contribution >= 0.6 is 11.3 Å². The Morgan fingerprint density at radius 3 is 2.44 bits per heavy atom. The molecule has 1 aliphatic heterocycles. The van der Waals surface area contributed by atoms with Crippen molar-refractivity contribution >= 4 is 34.0 Å². The maximum absolute atomic E-state index is 12.9. The van der Waals surface area contributed by atoms with Crippen LogP contribution in [-0.4, -0.2) is 70.3 Å². The summed E-state index contributed by atoms with van der Waals surface area (Å²) in [6.45, 7) is 9.40. The molecular weight excluding hydrogens is 482 g/mol. The predicted octanol–water partition coefficient (Wildman–Crippen LogP) is 3.41. The molecule has 2 aromatic heterocycles. The highest BCUT2D eigenvalue weighted by molar-refractivity contribution is 7.19. The fourth-order valence-electron chi connectivity index (χ4n) is 3.88.